The lowest BCUT2D eigenvalue weighted by atomic mass is 10.0. The van der Waals surface area contributed by atoms with Crippen molar-refractivity contribution in [1.29, 1.82) is 0 Å². The van der Waals surface area contributed by atoms with E-state index in [2.05, 4.69) is 16.0 Å². The van der Waals surface area contributed by atoms with Crippen molar-refractivity contribution in [1.82, 2.24) is 16.0 Å². The monoisotopic (exact) mass is 235 g/mol. The molecule has 1 amide bonds. The summed E-state index contributed by atoms with van der Waals surface area (Å²) in [6.45, 7) is 4.91. The molecular formula is C9H18ClN3O2. The van der Waals surface area contributed by atoms with E-state index in [1.165, 1.54) is 0 Å². The van der Waals surface area contributed by atoms with Crippen LogP contribution in [0.5, 0.6) is 0 Å². The maximum Gasteiger partial charge on any atom is 0.250 e. The predicted molar refractivity (Wildman–Crippen MR) is 59.2 cm³/mol. The molecule has 0 radical (unpaired) electrons. The zero-order valence-electron chi connectivity index (χ0n) is 8.62. The minimum absolute atomic E-state index is 0. The molecule has 0 aliphatic carbocycles. The van der Waals surface area contributed by atoms with E-state index in [-0.39, 0.29) is 24.4 Å². The van der Waals surface area contributed by atoms with Crippen LogP contribution >= 0.6 is 12.4 Å². The highest BCUT2D eigenvalue weighted by molar-refractivity contribution is 5.85. The second-order valence-electron chi connectivity index (χ2n) is 3.83. The second-order valence-corrected chi connectivity index (χ2v) is 3.83. The summed E-state index contributed by atoms with van der Waals surface area (Å²) in [6, 6.07) is 0. The molecule has 15 heavy (non-hydrogen) atoms. The topological polar surface area (TPSA) is 62.4 Å². The van der Waals surface area contributed by atoms with Crippen molar-refractivity contribution in [3.8, 4) is 0 Å². The SMILES string of the molecule is Cl.O=C(NCC1CNC1)[C@@H]1CNCCO1. The van der Waals surface area contributed by atoms with Gasteiger partial charge in [-0.05, 0) is 0 Å². The van der Waals surface area contributed by atoms with Gasteiger partial charge in [0, 0.05) is 38.6 Å². The molecule has 2 heterocycles. The molecule has 3 N–H and O–H groups in total. The fourth-order valence-electron chi connectivity index (χ4n) is 1.59. The highest BCUT2D eigenvalue weighted by Gasteiger charge is 2.23. The molecule has 2 aliphatic heterocycles. The maximum absolute atomic E-state index is 11.5. The summed E-state index contributed by atoms with van der Waals surface area (Å²) in [6.07, 6.45) is -0.295. The smallest absolute Gasteiger partial charge is 0.250 e. The van der Waals surface area contributed by atoms with Crippen LogP contribution in [0.25, 0.3) is 0 Å². The third kappa shape index (κ3) is 3.61. The van der Waals surface area contributed by atoms with Gasteiger partial charge in [0.25, 0.3) is 0 Å². The van der Waals surface area contributed by atoms with Gasteiger partial charge in [0.1, 0.15) is 6.10 Å². The van der Waals surface area contributed by atoms with Crippen molar-refractivity contribution in [2.45, 2.75) is 6.10 Å². The number of ether oxygens (including phenoxy) is 1. The number of carbonyl (C=O) groups excluding carboxylic acids is 1. The number of rotatable bonds is 3. The Morgan fingerprint density at radius 2 is 2.13 bits per heavy atom. The lowest BCUT2D eigenvalue weighted by molar-refractivity contribution is -0.134. The van der Waals surface area contributed by atoms with E-state index in [0.29, 0.717) is 19.1 Å². The lowest BCUT2D eigenvalue weighted by Crippen LogP contribution is -2.52. The van der Waals surface area contributed by atoms with Gasteiger partial charge in [-0.2, -0.15) is 0 Å². The van der Waals surface area contributed by atoms with E-state index in [1.54, 1.807) is 0 Å². The van der Waals surface area contributed by atoms with Gasteiger partial charge in [0.05, 0.1) is 6.61 Å². The zero-order valence-corrected chi connectivity index (χ0v) is 9.44. The van der Waals surface area contributed by atoms with Gasteiger partial charge in [0.15, 0.2) is 0 Å². The molecule has 2 fully saturated rings. The van der Waals surface area contributed by atoms with Crippen molar-refractivity contribution in [3.63, 3.8) is 0 Å². The molecule has 5 nitrogen and oxygen atoms in total. The summed E-state index contributed by atoms with van der Waals surface area (Å²) in [5.74, 6) is 0.625. The Morgan fingerprint density at radius 1 is 1.33 bits per heavy atom. The standard InChI is InChI=1S/C9H17N3O2.ClH/c13-9(8-6-10-1-2-14-8)12-5-7-3-11-4-7;/h7-8,10-11H,1-6H2,(H,12,13);1H/t8-;/m0./s1. The Labute approximate surface area is 95.7 Å². The van der Waals surface area contributed by atoms with Crippen LogP contribution < -0.4 is 16.0 Å². The number of morpholine rings is 1. The summed E-state index contributed by atoms with van der Waals surface area (Å²) in [4.78, 5) is 11.5. The minimum atomic E-state index is -0.295. The van der Waals surface area contributed by atoms with E-state index in [9.17, 15) is 4.79 Å². The zero-order chi connectivity index (χ0) is 9.80. The summed E-state index contributed by atoms with van der Waals surface area (Å²) < 4.78 is 5.33. The first kappa shape index (κ1) is 12.7. The number of nitrogens with one attached hydrogen (secondary N) is 3. The Hall–Kier alpha value is -0.360. The molecule has 0 aromatic heterocycles. The van der Waals surface area contributed by atoms with Crippen molar-refractivity contribution in [2.24, 2.45) is 5.92 Å². The Balaban J connectivity index is 0.00000112. The third-order valence-electron chi connectivity index (χ3n) is 2.65. The first-order valence-electron chi connectivity index (χ1n) is 5.17. The van der Waals surface area contributed by atoms with Gasteiger partial charge in [-0.3, -0.25) is 4.79 Å². The average Bonchev–Trinajstić information content (AvgIpc) is 2.16. The van der Waals surface area contributed by atoms with Crippen LogP contribution in [0.1, 0.15) is 0 Å². The summed E-state index contributed by atoms with van der Waals surface area (Å²) >= 11 is 0. The van der Waals surface area contributed by atoms with Crippen molar-refractivity contribution < 1.29 is 9.53 Å². The number of amides is 1. The van der Waals surface area contributed by atoms with E-state index < -0.39 is 0 Å². The van der Waals surface area contributed by atoms with Crippen molar-refractivity contribution >= 4 is 18.3 Å². The Morgan fingerprint density at radius 3 is 2.67 bits per heavy atom. The van der Waals surface area contributed by atoms with E-state index in [1.807, 2.05) is 0 Å². The quantitative estimate of drug-likeness (QED) is 0.571. The highest BCUT2D eigenvalue weighted by Crippen LogP contribution is 2.01. The van der Waals surface area contributed by atoms with E-state index in [4.69, 9.17) is 4.74 Å². The first-order chi connectivity index (χ1) is 6.86. The summed E-state index contributed by atoms with van der Waals surface area (Å²) in [7, 11) is 0. The molecule has 2 rings (SSSR count). The molecule has 88 valence electrons. The number of halogens is 1. The molecule has 0 aromatic rings. The normalized spacial score (nSPS) is 26.3. The molecule has 0 spiro atoms. The van der Waals surface area contributed by atoms with Crippen molar-refractivity contribution in [3.05, 3.63) is 0 Å². The molecule has 2 aliphatic rings. The van der Waals surface area contributed by atoms with Crippen LogP contribution in [0.4, 0.5) is 0 Å². The average molecular weight is 236 g/mol. The van der Waals surface area contributed by atoms with Gasteiger partial charge in [-0.25, -0.2) is 0 Å². The molecule has 1 atom stereocenters. The minimum Gasteiger partial charge on any atom is -0.366 e. The van der Waals surface area contributed by atoms with Crippen LogP contribution in [0.15, 0.2) is 0 Å². The molecular weight excluding hydrogens is 218 g/mol. The fraction of sp³-hybridized carbons (Fsp3) is 0.889. The summed E-state index contributed by atoms with van der Waals surface area (Å²) in [5.41, 5.74) is 0. The van der Waals surface area contributed by atoms with Gasteiger partial charge < -0.3 is 20.7 Å². The number of hydrogen-bond donors (Lipinski definition) is 3. The largest absolute Gasteiger partial charge is 0.366 e. The molecule has 6 heteroatoms. The second kappa shape index (κ2) is 6.27. The molecule has 0 aromatic carbocycles. The summed E-state index contributed by atoms with van der Waals surface area (Å²) in [5, 5.41) is 9.21. The van der Waals surface area contributed by atoms with Crippen LogP contribution in [0.3, 0.4) is 0 Å². The van der Waals surface area contributed by atoms with E-state index >= 15 is 0 Å². The van der Waals surface area contributed by atoms with Crippen LogP contribution in [0.2, 0.25) is 0 Å². The van der Waals surface area contributed by atoms with Crippen LogP contribution in [0, 0.1) is 5.92 Å². The fourth-order valence-corrected chi connectivity index (χ4v) is 1.59. The molecule has 0 bridgehead atoms. The lowest BCUT2D eigenvalue weighted by Gasteiger charge is -2.28. The highest BCUT2D eigenvalue weighted by atomic mass is 35.5. The van der Waals surface area contributed by atoms with Gasteiger partial charge in [0.2, 0.25) is 5.91 Å². The van der Waals surface area contributed by atoms with E-state index in [0.717, 1.165) is 26.2 Å². The van der Waals surface area contributed by atoms with Crippen LogP contribution in [-0.2, 0) is 9.53 Å². The van der Waals surface area contributed by atoms with Gasteiger partial charge >= 0.3 is 0 Å². The Kier molecular flexibility index (Phi) is 5.31. The van der Waals surface area contributed by atoms with Gasteiger partial charge in [-0.1, -0.05) is 0 Å². The first-order valence-corrected chi connectivity index (χ1v) is 5.17. The van der Waals surface area contributed by atoms with Crippen LogP contribution in [-0.4, -0.2) is 51.3 Å². The predicted octanol–water partition coefficient (Wildman–Crippen LogP) is -1.27. The Bertz CT molecular complexity index is 206. The molecule has 0 saturated carbocycles. The maximum atomic E-state index is 11.5. The number of hydrogen-bond acceptors (Lipinski definition) is 4. The third-order valence-corrected chi connectivity index (χ3v) is 2.65. The molecule has 0 unspecified atom stereocenters. The molecule has 2 saturated heterocycles. The number of carbonyl (C=O) groups is 1. The van der Waals surface area contributed by atoms with Crippen molar-refractivity contribution in [2.75, 3.05) is 39.3 Å². The van der Waals surface area contributed by atoms with Gasteiger partial charge in [-0.15, -0.1) is 12.4 Å².